The highest BCUT2D eigenvalue weighted by molar-refractivity contribution is 5.76. The van der Waals surface area contributed by atoms with E-state index in [1.807, 2.05) is 34.6 Å². The molecule has 4 nitrogen and oxygen atoms in total. The Kier molecular flexibility index (Phi) is 4.64. The molecule has 19 heavy (non-hydrogen) atoms. The molecule has 0 aromatic rings. The molecule has 0 bridgehead atoms. The smallest absolute Gasteiger partial charge is 0.312 e. The van der Waals surface area contributed by atoms with Gasteiger partial charge < -0.3 is 9.84 Å². The average molecular weight is 270 g/mol. The molecule has 1 aliphatic rings. The zero-order chi connectivity index (χ0) is 14.8. The molecule has 0 amide bonds. The van der Waals surface area contributed by atoms with Gasteiger partial charge in [0.1, 0.15) is 5.60 Å². The number of carbonyl (C=O) groups is 2. The van der Waals surface area contributed by atoms with Crippen molar-refractivity contribution in [3.8, 4) is 0 Å². The highest BCUT2D eigenvalue weighted by Crippen LogP contribution is 2.40. The Morgan fingerprint density at radius 3 is 2.21 bits per heavy atom. The monoisotopic (exact) mass is 270 g/mol. The highest BCUT2D eigenvalue weighted by atomic mass is 16.6. The SMILES string of the molecule is CCC(C)(C)C(=O)OC(C)(C)C1CCC(C(=O)O)C1. The van der Waals surface area contributed by atoms with Crippen LogP contribution < -0.4 is 0 Å². The van der Waals surface area contributed by atoms with Crippen molar-refractivity contribution in [2.24, 2.45) is 17.3 Å². The van der Waals surface area contributed by atoms with Gasteiger partial charge in [0.25, 0.3) is 0 Å². The third-order valence-corrected chi connectivity index (χ3v) is 4.56. The zero-order valence-electron chi connectivity index (χ0n) is 12.7. The van der Waals surface area contributed by atoms with Crippen LogP contribution in [0, 0.1) is 17.3 Å². The van der Waals surface area contributed by atoms with Crippen molar-refractivity contribution >= 4 is 11.9 Å². The number of hydrogen-bond donors (Lipinski definition) is 1. The van der Waals surface area contributed by atoms with Crippen molar-refractivity contribution in [2.45, 2.75) is 65.9 Å². The molecular weight excluding hydrogens is 244 g/mol. The van der Waals surface area contributed by atoms with Gasteiger partial charge in [0.15, 0.2) is 0 Å². The van der Waals surface area contributed by atoms with Gasteiger partial charge in [-0.25, -0.2) is 0 Å². The van der Waals surface area contributed by atoms with Crippen molar-refractivity contribution in [2.75, 3.05) is 0 Å². The van der Waals surface area contributed by atoms with E-state index in [0.717, 1.165) is 12.8 Å². The predicted octanol–water partition coefficient (Wildman–Crippen LogP) is 3.25. The minimum atomic E-state index is -0.737. The minimum absolute atomic E-state index is 0.130. The number of hydrogen-bond acceptors (Lipinski definition) is 3. The van der Waals surface area contributed by atoms with Gasteiger partial charge in [0.05, 0.1) is 11.3 Å². The van der Waals surface area contributed by atoms with Gasteiger partial charge in [-0.1, -0.05) is 6.92 Å². The Morgan fingerprint density at radius 2 is 1.79 bits per heavy atom. The Labute approximate surface area is 115 Å². The maximum Gasteiger partial charge on any atom is 0.312 e. The first kappa shape index (κ1) is 16.0. The summed E-state index contributed by atoms with van der Waals surface area (Å²) in [4.78, 5) is 23.1. The predicted molar refractivity (Wildman–Crippen MR) is 72.7 cm³/mol. The van der Waals surface area contributed by atoms with Crippen LogP contribution in [0.5, 0.6) is 0 Å². The topological polar surface area (TPSA) is 63.6 Å². The summed E-state index contributed by atoms with van der Waals surface area (Å²) in [5.41, 5.74) is -1.07. The third-order valence-electron chi connectivity index (χ3n) is 4.56. The molecule has 0 heterocycles. The molecular formula is C15H26O4. The summed E-state index contributed by atoms with van der Waals surface area (Å²) in [7, 11) is 0. The molecule has 0 spiro atoms. The van der Waals surface area contributed by atoms with E-state index >= 15 is 0 Å². The second kappa shape index (κ2) is 5.51. The molecule has 0 aromatic carbocycles. The number of ether oxygens (including phenoxy) is 1. The van der Waals surface area contributed by atoms with E-state index in [1.54, 1.807) is 0 Å². The fourth-order valence-corrected chi connectivity index (χ4v) is 2.44. The molecule has 1 N–H and O–H groups in total. The molecule has 1 fully saturated rings. The van der Waals surface area contributed by atoms with Crippen LogP contribution in [0.2, 0.25) is 0 Å². The number of carboxylic acids is 1. The van der Waals surface area contributed by atoms with Crippen LogP contribution in [0.15, 0.2) is 0 Å². The molecule has 0 aliphatic heterocycles. The summed E-state index contributed by atoms with van der Waals surface area (Å²) >= 11 is 0. The zero-order valence-corrected chi connectivity index (χ0v) is 12.7. The maximum absolute atomic E-state index is 12.1. The second-order valence-corrected chi connectivity index (χ2v) is 6.78. The molecule has 1 rings (SSSR count). The lowest BCUT2D eigenvalue weighted by atomic mass is 9.86. The van der Waals surface area contributed by atoms with E-state index in [9.17, 15) is 9.59 Å². The first-order valence-electron chi connectivity index (χ1n) is 7.06. The molecule has 2 atom stereocenters. The third kappa shape index (κ3) is 3.71. The summed E-state index contributed by atoms with van der Waals surface area (Å²) in [5, 5.41) is 9.04. The van der Waals surface area contributed by atoms with Gasteiger partial charge in [-0.05, 0) is 59.3 Å². The Morgan fingerprint density at radius 1 is 1.21 bits per heavy atom. The lowest BCUT2D eigenvalue weighted by Gasteiger charge is -2.35. The second-order valence-electron chi connectivity index (χ2n) is 6.78. The fraction of sp³-hybridized carbons (Fsp3) is 0.867. The van der Waals surface area contributed by atoms with Crippen molar-refractivity contribution in [1.29, 1.82) is 0 Å². The number of rotatable bonds is 5. The lowest BCUT2D eigenvalue weighted by molar-refractivity contribution is -0.172. The standard InChI is InChI=1S/C15H26O4/c1-6-14(2,3)13(18)19-15(4,5)11-8-7-10(9-11)12(16)17/h10-11H,6-9H2,1-5H3,(H,16,17). The molecule has 0 radical (unpaired) electrons. The van der Waals surface area contributed by atoms with E-state index in [1.165, 1.54) is 0 Å². The van der Waals surface area contributed by atoms with Crippen molar-refractivity contribution in [3.63, 3.8) is 0 Å². The quantitative estimate of drug-likeness (QED) is 0.779. The summed E-state index contributed by atoms with van der Waals surface area (Å²) in [5.74, 6) is -1.09. The molecule has 1 saturated carbocycles. The van der Waals surface area contributed by atoms with Gasteiger partial charge in [-0.15, -0.1) is 0 Å². The van der Waals surface area contributed by atoms with E-state index in [-0.39, 0.29) is 17.8 Å². The molecule has 2 unspecified atom stereocenters. The molecule has 0 saturated heterocycles. The van der Waals surface area contributed by atoms with Crippen LogP contribution in [0.25, 0.3) is 0 Å². The number of aliphatic carboxylic acids is 1. The van der Waals surface area contributed by atoms with E-state index in [0.29, 0.717) is 12.8 Å². The van der Waals surface area contributed by atoms with Gasteiger partial charge in [-0.2, -0.15) is 0 Å². The van der Waals surface area contributed by atoms with Crippen LogP contribution in [-0.4, -0.2) is 22.6 Å². The largest absolute Gasteiger partial charge is 0.481 e. The normalized spacial score (nSPS) is 24.3. The van der Waals surface area contributed by atoms with E-state index in [4.69, 9.17) is 9.84 Å². The Hall–Kier alpha value is -1.06. The highest BCUT2D eigenvalue weighted by Gasteiger charge is 2.42. The average Bonchev–Trinajstić information content (AvgIpc) is 2.78. The Balaban J connectivity index is 2.67. The van der Waals surface area contributed by atoms with Crippen LogP contribution in [0.4, 0.5) is 0 Å². The molecule has 0 aromatic heterocycles. The number of carboxylic acid groups (broad SMARTS) is 1. The molecule has 110 valence electrons. The van der Waals surface area contributed by atoms with Crippen LogP contribution in [0.1, 0.15) is 60.3 Å². The Bertz CT molecular complexity index is 357. The first-order valence-corrected chi connectivity index (χ1v) is 7.06. The summed E-state index contributed by atoms with van der Waals surface area (Å²) in [6.07, 6.45) is 2.81. The van der Waals surface area contributed by atoms with Gasteiger partial charge in [0.2, 0.25) is 0 Å². The van der Waals surface area contributed by atoms with Crippen molar-refractivity contribution in [1.82, 2.24) is 0 Å². The maximum atomic E-state index is 12.1. The van der Waals surface area contributed by atoms with Gasteiger partial charge in [0, 0.05) is 0 Å². The van der Waals surface area contributed by atoms with Crippen molar-refractivity contribution in [3.05, 3.63) is 0 Å². The number of esters is 1. The van der Waals surface area contributed by atoms with Gasteiger partial charge >= 0.3 is 11.9 Å². The van der Waals surface area contributed by atoms with Gasteiger partial charge in [-0.3, -0.25) is 9.59 Å². The van der Waals surface area contributed by atoms with Crippen LogP contribution in [-0.2, 0) is 14.3 Å². The number of carbonyl (C=O) groups excluding carboxylic acids is 1. The lowest BCUT2D eigenvalue weighted by Crippen LogP contribution is -2.40. The molecule has 1 aliphatic carbocycles. The van der Waals surface area contributed by atoms with Crippen LogP contribution >= 0.6 is 0 Å². The molecule has 4 heteroatoms. The first-order chi connectivity index (χ1) is 8.60. The van der Waals surface area contributed by atoms with Crippen molar-refractivity contribution < 1.29 is 19.4 Å². The fourth-order valence-electron chi connectivity index (χ4n) is 2.44. The van der Waals surface area contributed by atoms with E-state index in [2.05, 4.69) is 0 Å². The summed E-state index contributed by atoms with van der Waals surface area (Å²) in [6, 6.07) is 0. The van der Waals surface area contributed by atoms with E-state index < -0.39 is 17.0 Å². The summed E-state index contributed by atoms with van der Waals surface area (Å²) < 4.78 is 5.67. The minimum Gasteiger partial charge on any atom is -0.481 e. The summed E-state index contributed by atoms with van der Waals surface area (Å²) in [6.45, 7) is 9.50. The van der Waals surface area contributed by atoms with Crippen LogP contribution in [0.3, 0.4) is 0 Å².